The van der Waals surface area contributed by atoms with Crippen LogP contribution in [-0.2, 0) is 0 Å². The molecule has 1 heterocycles. The fourth-order valence-electron chi connectivity index (χ4n) is 3.90. The van der Waals surface area contributed by atoms with E-state index < -0.39 is 0 Å². The summed E-state index contributed by atoms with van der Waals surface area (Å²) >= 11 is 0. The number of nitrogens with one attached hydrogen (secondary N) is 1. The molecule has 2 nitrogen and oxygen atoms in total. The maximum Gasteiger partial charge on any atom is 0.0195 e. The molecule has 1 N–H and O–H groups in total. The van der Waals surface area contributed by atoms with Crippen molar-refractivity contribution in [1.29, 1.82) is 0 Å². The van der Waals surface area contributed by atoms with Gasteiger partial charge in [0.1, 0.15) is 0 Å². The van der Waals surface area contributed by atoms with Gasteiger partial charge in [0.15, 0.2) is 0 Å². The number of piperidine rings is 1. The molecule has 1 aliphatic carbocycles. The summed E-state index contributed by atoms with van der Waals surface area (Å²) in [5.74, 6) is 1.88. The second-order valence-electron chi connectivity index (χ2n) is 8.09. The molecule has 0 aromatic rings. The van der Waals surface area contributed by atoms with E-state index in [9.17, 15) is 0 Å². The largest absolute Gasteiger partial charge is 0.312 e. The van der Waals surface area contributed by atoms with Crippen LogP contribution in [0.3, 0.4) is 0 Å². The molecule has 2 rings (SSSR count). The zero-order valence-electron chi connectivity index (χ0n) is 13.5. The highest BCUT2D eigenvalue weighted by molar-refractivity contribution is 4.83. The highest BCUT2D eigenvalue weighted by atomic mass is 15.1. The monoisotopic (exact) mass is 266 g/mol. The molecule has 2 aliphatic rings. The second kappa shape index (κ2) is 6.58. The van der Waals surface area contributed by atoms with Gasteiger partial charge in [-0.2, -0.15) is 0 Å². The molecule has 1 aliphatic heterocycles. The number of likely N-dealkylation sites (N-methyl/N-ethyl adjacent to an activating group) is 1. The van der Waals surface area contributed by atoms with E-state index in [2.05, 4.69) is 38.0 Å². The van der Waals surface area contributed by atoms with Crippen LogP contribution in [0.2, 0.25) is 0 Å². The Balaban J connectivity index is 1.66. The predicted molar refractivity (Wildman–Crippen MR) is 83.4 cm³/mol. The summed E-state index contributed by atoms with van der Waals surface area (Å²) in [5, 5.41) is 3.83. The summed E-state index contributed by atoms with van der Waals surface area (Å²) in [6.07, 6.45) is 8.52. The summed E-state index contributed by atoms with van der Waals surface area (Å²) < 4.78 is 0. The van der Waals surface area contributed by atoms with Crippen molar-refractivity contribution in [2.24, 2.45) is 17.3 Å². The fourth-order valence-corrected chi connectivity index (χ4v) is 3.90. The van der Waals surface area contributed by atoms with Crippen LogP contribution in [-0.4, -0.2) is 37.6 Å². The van der Waals surface area contributed by atoms with Gasteiger partial charge in [0.25, 0.3) is 0 Å². The van der Waals surface area contributed by atoms with Crippen LogP contribution in [0.4, 0.5) is 0 Å². The Morgan fingerprint density at radius 2 is 1.74 bits per heavy atom. The molecule has 0 amide bonds. The van der Waals surface area contributed by atoms with Crippen molar-refractivity contribution in [3.63, 3.8) is 0 Å². The van der Waals surface area contributed by atoms with E-state index in [1.807, 2.05) is 0 Å². The molecule has 1 unspecified atom stereocenters. The molecule has 0 spiro atoms. The van der Waals surface area contributed by atoms with Crippen LogP contribution < -0.4 is 5.32 Å². The smallest absolute Gasteiger partial charge is 0.0195 e. The van der Waals surface area contributed by atoms with Crippen molar-refractivity contribution in [3.8, 4) is 0 Å². The lowest BCUT2D eigenvalue weighted by Gasteiger charge is -2.38. The molecule has 1 saturated heterocycles. The lowest BCUT2D eigenvalue weighted by Crippen LogP contribution is -2.45. The number of rotatable bonds is 3. The van der Waals surface area contributed by atoms with Gasteiger partial charge in [-0.1, -0.05) is 20.8 Å². The molecule has 1 atom stereocenters. The zero-order valence-corrected chi connectivity index (χ0v) is 13.5. The average molecular weight is 266 g/mol. The van der Waals surface area contributed by atoms with Gasteiger partial charge in [-0.3, -0.25) is 0 Å². The summed E-state index contributed by atoms with van der Waals surface area (Å²) in [5.41, 5.74) is 0.518. The zero-order chi connectivity index (χ0) is 13.9. The van der Waals surface area contributed by atoms with Crippen molar-refractivity contribution < 1.29 is 0 Å². The van der Waals surface area contributed by atoms with Crippen LogP contribution in [0.25, 0.3) is 0 Å². The molecule has 0 aromatic heterocycles. The van der Waals surface area contributed by atoms with Gasteiger partial charge in [-0.05, 0) is 75.9 Å². The first-order valence-corrected chi connectivity index (χ1v) is 8.37. The van der Waals surface area contributed by atoms with Crippen LogP contribution in [0, 0.1) is 17.3 Å². The highest BCUT2D eigenvalue weighted by Crippen LogP contribution is 2.39. The van der Waals surface area contributed by atoms with Gasteiger partial charge < -0.3 is 10.2 Å². The van der Waals surface area contributed by atoms with Gasteiger partial charge >= 0.3 is 0 Å². The van der Waals surface area contributed by atoms with Crippen LogP contribution >= 0.6 is 0 Å². The van der Waals surface area contributed by atoms with Crippen molar-refractivity contribution in [1.82, 2.24) is 10.2 Å². The van der Waals surface area contributed by atoms with E-state index in [1.165, 1.54) is 58.2 Å². The Bertz CT molecular complexity index is 261. The standard InChI is InChI=1S/C17H34N2/c1-17(2,3)15-9-7-14(8-10-15)12-18-16-6-5-11-19(4)13-16/h14-16,18H,5-13H2,1-4H3. The molecule has 0 bridgehead atoms. The van der Waals surface area contributed by atoms with E-state index >= 15 is 0 Å². The number of hydrogen-bond acceptors (Lipinski definition) is 2. The lowest BCUT2D eigenvalue weighted by molar-refractivity contribution is 0.143. The van der Waals surface area contributed by atoms with E-state index in [0.717, 1.165) is 17.9 Å². The van der Waals surface area contributed by atoms with Crippen molar-refractivity contribution in [3.05, 3.63) is 0 Å². The van der Waals surface area contributed by atoms with Gasteiger partial charge in [0.05, 0.1) is 0 Å². The maximum absolute atomic E-state index is 3.83. The second-order valence-corrected chi connectivity index (χ2v) is 8.09. The van der Waals surface area contributed by atoms with E-state index in [0.29, 0.717) is 5.41 Å². The Morgan fingerprint density at radius 1 is 1.05 bits per heavy atom. The first kappa shape index (κ1) is 15.3. The molecule has 0 aromatic carbocycles. The number of nitrogens with zero attached hydrogens (tertiary/aromatic N) is 1. The molecule has 0 radical (unpaired) electrons. The van der Waals surface area contributed by atoms with Crippen LogP contribution in [0.5, 0.6) is 0 Å². The SMILES string of the molecule is CN1CCCC(NCC2CCC(C(C)(C)C)CC2)C1. The Hall–Kier alpha value is -0.0800. The molecule has 112 valence electrons. The number of hydrogen-bond donors (Lipinski definition) is 1. The predicted octanol–water partition coefficient (Wildman–Crippen LogP) is 3.52. The summed E-state index contributed by atoms with van der Waals surface area (Å²) in [4.78, 5) is 2.47. The summed E-state index contributed by atoms with van der Waals surface area (Å²) in [6, 6.07) is 0.749. The third-order valence-corrected chi connectivity index (χ3v) is 5.39. The third kappa shape index (κ3) is 4.75. The fraction of sp³-hybridized carbons (Fsp3) is 1.00. The molecule has 2 heteroatoms. The number of likely N-dealkylation sites (tertiary alicyclic amines) is 1. The molecular formula is C17H34N2. The summed E-state index contributed by atoms with van der Waals surface area (Å²) in [7, 11) is 2.25. The quantitative estimate of drug-likeness (QED) is 0.841. The van der Waals surface area contributed by atoms with Gasteiger partial charge in [-0.15, -0.1) is 0 Å². The highest BCUT2D eigenvalue weighted by Gasteiger charge is 2.29. The minimum atomic E-state index is 0.518. The molecular weight excluding hydrogens is 232 g/mol. The van der Waals surface area contributed by atoms with E-state index in [-0.39, 0.29) is 0 Å². The van der Waals surface area contributed by atoms with Crippen molar-refractivity contribution in [2.75, 3.05) is 26.7 Å². The van der Waals surface area contributed by atoms with Crippen molar-refractivity contribution >= 4 is 0 Å². The minimum Gasteiger partial charge on any atom is -0.312 e. The van der Waals surface area contributed by atoms with Crippen LogP contribution in [0.15, 0.2) is 0 Å². The first-order valence-electron chi connectivity index (χ1n) is 8.37. The topological polar surface area (TPSA) is 15.3 Å². The lowest BCUT2D eigenvalue weighted by atomic mass is 9.70. The first-order chi connectivity index (χ1) is 8.95. The third-order valence-electron chi connectivity index (χ3n) is 5.39. The van der Waals surface area contributed by atoms with E-state index in [1.54, 1.807) is 0 Å². The molecule has 19 heavy (non-hydrogen) atoms. The summed E-state index contributed by atoms with van der Waals surface area (Å²) in [6.45, 7) is 11.0. The minimum absolute atomic E-state index is 0.518. The van der Waals surface area contributed by atoms with Crippen molar-refractivity contribution in [2.45, 2.75) is 65.3 Å². The Labute approximate surface area is 120 Å². The van der Waals surface area contributed by atoms with Gasteiger partial charge in [0.2, 0.25) is 0 Å². The average Bonchev–Trinajstić information content (AvgIpc) is 2.36. The normalized spacial score (nSPS) is 34.4. The van der Waals surface area contributed by atoms with E-state index in [4.69, 9.17) is 0 Å². The Morgan fingerprint density at radius 3 is 2.32 bits per heavy atom. The van der Waals surface area contributed by atoms with Gasteiger partial charge in [0, 0.05) is 12.6 Å². The molecule has 2 fully saturated rings. The Kier molecular flexibility index (Phi) is 5.30. The van der Waals surface area contributed by atoms with Crippen LogP contribution in [0.1, 0.15) is 59.3 Å². The molecule has 1 saturated carbocycles. The maximum atomic E-state index is 3.83. The van der Waals surface area contributed by atoms with Gasteiger partial charge in [-0.25, -0.2) is 0 Å².